The molecule has 0 saturated carbocycles. The second kappa shape index (κ2) is 5.60. The maximum atomic E-state index is 11.7. The third kappa shape index (κ3) is 2.89. The van der Waals surface area contributed by atoms with Crippen LogP contribution in [0.25, 0.3) is 0 Å². The summed E-state index contributed by atoms with van der Waals surface area (Å²) < 4.78 is 13.4. The minimum Gasteiger partial charge on any atom is -0.464 e. The number of benzene rings is 1. The van der Waals surface area contributed by atoms with Gasteiger partial charge in [-0.05, 0) is 46.9 Å². The molecule has 5 nitrogen and oxygen atoms in total. The maximum Gasteiger partial charge on any atom is 0.364 e. The molecule has 0 unspecified atom stereocenters. The summed E-state index contributed by atoms with van der Waals surface area (Å²) in [6.07, 6.45) is 0. The molecule has 1 aromatic heterocycles. The van der Waals surface area contributed by atoms with E-state index in [9.17, 15) is 4.79 Å². The highest BCUT2D eigenvalue weighted by molar-refractivity contribution is 14.1. The van der Waals surface area contributed by atoms with Crippen molar-refractivity contribution in [2.75, 3.05) is 7.11 Å². The molecule has 0 aliphatic heterocycles. The van der Waals surface area contributed by atoms with Gasteiger partial charge in [0.15, 0.2) is 7.05 Å². The van der Waals surface area contributed by atoms with E-state index in [2.05, 4.69) is 27.7 Å². The number of aryl methyl sites for hydroxylation is 1. The fourth-order valence-electron chi connectivity index (χ4n) is 1.62. The standard InChI is InChI=1S/C13H13IN2O3/c1-8-12(11(13(17)18-3)15-16(8)2)19-10-6-4-9(14)5-7-10/h4-7H,1-3H3/p+1. The summed E-state index contributed by atoms with van der Waals surface area (Å²) in [5, 5.41) is 2.91. The molecule has 0 aliphatic rings. The van der Waals surface area contributed by atoms with E-state index in [4.69, 9.17) is 9.47 Å². The highest BCUT2D eigenvalue weighted by Gasteiger charge is 2.27. The van der Waals surface area contributed by atoms with Crippen molar-refractivity contribution >= 4 is 28.6 Å². The molecule has 1 aromatic carbocycles. The first-order valence-electron chi connectivity index (χ1n) is 5.63. The van der Waals surface area contributed by atoms with Crippen LogP contribution in [0.4, 0.5) is 0 Å². The van der Waals surface area contributed by atoms with Crippen molar-refractivity contribution < 1.29 is 19.0 Å². The van der Waals surface area contributed by atoms with Crippen molar-refractivity contribution in [3.8, 4) is 11.5 Å². The SMILES string of the molecule is COC(=O)c1[nH][n+](C)c(C)c1Oc1ccc(I)cc1. The first-order chi connectivity index (χ1) is 9.02. The molecule has 100 valence electrons. The number of H-pyrrole nitrogens is 1. The van der Waals surface area contributed by atoms with E-state index < -0.39 is 5.97 Å². The number of aromatic nitrogens is 2. The Morgan fingerprint density at radius 3 is 2.53 bits per heavy atom. The van der Waals surface area contributed by atoms with Crippen molar-refractivity contribution in [2.24, 2.45) is 7.05 Å². The fourth-order valence-corrected chi connectivity index (χ4v) is 1.98. The molecule has 1 heterocycles. The van der Waals surface area contributed by atoms with Crippen LogP contribution in [0.15, 0.2) is 24.3 Å². The number of aromatic amines is 1. The van der Waals surface area contributed by atoms with Gasteiger partial charge in [-0.25, -0.2) is 4.79 Å². The first kappa shape index (κ1) is 13.9. The lowest BCUT2D eigenvalue weighted by molar-refractivity contribution is -0.732. The normalized spacial score (nSPS) is 10.3. The Labute approximate surface area is 124 Å². The zero-order chi connectivity index (χ0) is 14.0. The van der Waals surface area contributed by atoms with Crippen LogP contribution in [-0.2, 0) is 11.8 Å². The molecule has 0 spiro atoms. The zero-order valence-corrected chi connectivity index (χ0v) is 13.0. The smallest absolute Gasteiger partial charge is 0.364 e. The molecule has 1 N–H and O–H groups in total. The van der Waals surface area contributed by atoms with E-state index >= 15 is 0 Å². The number of halogens is 1. The summed E-state index contributed by atoms with van der Waals surface area (Å²) in [5.41, 5.74) is 1.13. The number of hydrogen-bond acceptors (Lipinski definition) is 3. The summed E-state index contributed by atoms with van der Waals surface area (Å²) in [4.78, 5) is 11.7. The van der Waals surface area contributed by atoms with Crippen molar-refractivity contribution in [1.29, 1.82) is 0 Å². The highest BCUT2D eigenvalue weighted by atomic mass is 127. The number of methoxy groups -OCH3 is 1. The lowest BCUT2D eigenvalue weighted by Crippen LogP contribution is -2.33. The molecular formula is C13H14IN2O3+. The topological polar surface area (TPSA) is 55.2 Å². The van der Waals surface area contributed by atoms with E-state index in [1.165, 1.54) is 7.11 Å². The van der Waals surface area contributed by atoms with Gasteiger partial charge < -0.3 is 9.47 Å². The second-order valence-corrected chi connectivity index (χ2v) is 5.25. The lowest BCUT2D eigenvalue weighted by atomic mass is 10.3. The molecule has 6 heteroatoms. The van der Waals surface area contributed by atoms with E-state index in [1.54, 1.807) is 4.68 Å². The van der Waals surface area contributed by atoms with E-state index in [1.807, 2.05) is 38.2 Å². The number of esters is 1. The van der Waals surface area contributed by atoms with Gasteiger partial charge in [-0.15, -0.1) is 4.68 Å². The van der Waals surface area contributed by atoms with Gasteiger partial charge in [0.05, 0.1) is 7.11 Å². The Morgan fingerprint density at radius 2 is 1.95 bits per heavy atom. The van der Waals surface area contributed by atoms with Gasteiger partial charge in [0.2, 0.25) is 17.1 Å². The van der Waals surface area contributed by atoms with E-state index in [0.29, 0.717) is 17.2 Å². The minimum atomic E-state index is -0.454. The molecule has 2 rings (SSSR count). The highest BCUT2D eigenvalue weighted by Crippen LogP contribution is 2.27. The number of hydrogen-bond donors (Lipinski definition) is 1. The van der Waals surface area contributed by atoms with E-state index in [-0.39, 0.29) is 0 Å². The van der Waals surface area contributed by atoms with Crippen LogP contribution < -0.4 is 9.42 Å². The van der Waals surface area contributed by atoms with Crippen LogP contribution in [0, 0.1) is 10.5 Å². The van der Waals surface area contributed by atoms with E-state index in [0.717, 1.165) is 9.26 Å². The quantitative estimate of drug-likeness (QED) is 0.511. The molecule has 0 amide bonds. The lowest BCUT2D eigenvalue weighted by Gasteiger charge is -2.04. The maximum absolute atomic E-state index is 11.7. The average molecular weight is 373 g/mol. The Kier molecular flexibility index (Phi) is 4.08. The van der Waals surface area contributed by atoms with Crippen molar-refractivity contribution in [3.05, 3.63) is 39.2 Å². The van der Waals surface area contributed by atoms with Gasteiger partial charge >= 0.3 is 5.97 Å². The number of nitrogens with one attached hydrogen (secondary N) is 1. The third-order valence-electron chi connectivity index (χ3n) is 2.76. The van der Waals surface area contributed by atoms with Crippen molar-refractivity contribution in [1.82, 2.24) is 5.10 Å². The Bertz CT molecular complexity index is 605. The zero-order valence-electron chi connectivity index (χ0n) is 10.9. The number of carbonyl (C=O) groups excluding carboxylic acids is 1. The summed E-state index contributed by atoms with van der Waals surface area (Å²) in [6, 6.07) is 7.59. The summed E-state index contributed by atoms with van der Waals surface area (Å²) in [5.74, 6) is 0.702. The van der Waals surface area contributed by atoms with Gasteiger partial charge in [0, 0.05) is 10.5 Å². The summed E-state index contributed by atoms with van der Waals surface area (Å²) in [6.45, 7) is 1.87. The van der Waals surface area contributed by atoms with Gasteiger partial charge in [-0.3, -0.25) is 0 Å². The predicted molar refractivity (Wildman–Crippen MR) is 77.3 cm³/mol. The second-order valence-electron chi connectivity index (χ2n) is 4.01. The van der Waals surface area contributed by atoms with Crippen molar-refractivity contribution in [2.45, 2.75) is 6.92 Å². The molecule has 0 saturated heterocycles. The van der Waals surface area contributed by atoms with Crippen LogP contribution in [0.5, 0.6) is 11.5 Å². The van der Waals surface area contributed by atoms with Crippen LogP contribution >= 0.6 is 22.6 Å². The van der Waals surface area contributed by atoms with Crippen LogP contribution in [0.1, 0.15) is 16.2 Å². The molecule has 2 aromatic rings. The molecule has 0 radical (unpaired) electrons. The summed E-state index contributed by atoms with van der Waals surface area (Å²) in [7, 11) is 3.15. The fraction of sp³-hybridized carbons (Fsp3) is 0.231. The van der Waals surface area contributed by atoms with Crippen LogP contribution in [0.3, 0.4) is 0 Å². The third-order valence-corrected chi connectivity index (χ3v) is 3.48. The predicted octanol–water partition coefficient (Wildman–Crippen LogP) is 2.33. The molecule has 0 fully saturated rings. The minimum absolute atomic E-state index is 0.307. The largest absolute Gasteiger partial charge is 0.464 e. The van der Waals surface area contributed by atoms with Crippen LogP contribution in [0.2, 0.25) is 0 Å². The molecule has 19 heavy (non-hydrogen) atoms. The van der Waals surface area contributed by atoms with Gasteiger partial charge in [-0.1, -0.05) is 0 Å². The monoisotopic (exact) mass is 373 g/mol. The number of ether oxygens (including phenoxy) is 2. The van der Waals surface area contributed by atoms with Crippen molar-refractivity contribution in [3.63, 3.8) is 0 Å². The number of nitrogens with zero attached hydrogens (tertiary/aromatic N) is 1. The number of carbonyl (C=O) groups is 1. The molecule has 0 atom stereocenters. The number of rotatable bonds is 3. The Morgan fingerprint density at radius 1 is 1.32 bits per heavy atom. The average Bonchev–Trinajstić information content (AvgIpc) is 2.68. The van der Waals surface area contributed by atoms with Crippen LogP contribution in [-0.4, -0.2) is 18.2 Å². The van der Waals surface area contributed by atoms with Gasteiger partial charge in [0.25, 0.3) is 0 Å². The Hall–Kier alpha value is -1.57. The first-order valence-corrected chi connectivity index (χ1v) is 6.71. The molecular weight excluding hydrogens is 359 g/mol. The van der Waals surface area contributed by atoms with Gasteiger partial charge in [0.1, 0.15) is 5.75 Å². The molecule has 0 aliphatic carbocycles. The Balaban J connectivity index is 2.38. The molecule has 0 bridgehead atoms. The summed E-state index contributed by atoms with van der Waals surface area (Å²) >= 11 is 2.22. The van der Waals surface area contributed by atoms with Gasteiger partial charge in [-0.2, -0.15) is 5.10 Å².